The molecule has 7 heteroatoms. The van der Waals surface area contributed by atoms with Gasteiger partial charge in [-0.15, -0.1) is 0 Å². The van der Waals surface area contributed by atoms with Crippen molar-refractivity contribution in [3.63, 3.8) is 0 Å². The molecular formula is C14H14N2O5. The predicted octanol–water partition coefficient (Wildman–Crippen LogP) is 0.761. The van der Waals surface area contributed by atoms with Gasteiger partial charge in [0.15, 0.2) is 0 Å². The Morgan fingerprint density at radius 3 is 2.48 bits per heavy atom. The third-order valence-electron chi connectivity index (χ3n) is 2.90. The number of ether oxygens (including phenoxy) is 2. The monoisotopic (exact) mass is 290 g/mol. The molecule has 1 aliphatic rings. The summed E-state index contributed by atoms with van der Waals surface area (Å²) in [6.45, 7) is -0.416. The summed E-state index contributed by atoms with van der Waals surface area (Å²) in [4.78, 5) is 35.7. The molecule has 1 fully saturated rings. The Kier molecular flexibility index (Phi) is 4.22. The summed E-state index contributed by atoms with van der Waals surface area (Å²) in [6, 6.07) is 6.31. The standard InChI is InChI=1S/C14H14N2O5/c1-20-10-5-3-9(4-6-10)7-11-13(18)16(14(19)15-11)8-12(17)21-2/h3-7H,8H2,1-2H3,(H,15,19). The molecule has 1 N–H and O–H groups in total. The highest BCUT2D eigenvalue weighted by Crippen LogP contribution is 2.16. The molecule has 1 aromatic carbocycles. The van der Waals surface area contributed by atoms with Crippen molar-refractivity contribution >= 4 is 24.0 Å². The second-order valence-electron chi connectivity index (χ2n) is 4.23. The first-order valence-electron chi connectivity index (χ1n) is 6.10. The molecule has 1 heterocycles. The Hall–Kier alpha value is -2.83. The van der Waals surface area contributed by atoms with Gasteiger partial charge in [-0.05, 0) is 23.8 Å². The lowest BCUT2D eigenvalue weighted by Gasteiger charge is -2.08. The smallest absolute Gasteiger partial charge is 0.329 e. The Morgan fingerprint density at radius 2 is 1.90 bits per heavy atom. The predicted molar refractivity (Wildman–Crippen MR) is 73.2 cm³/mol. The number of nitrogens with zero attached hydrogens (tertiary/aromatic N) is 1. The average Bonchev–Trinajstić information content (AvgIpc) is 2.75. The van der Waals surface area contributed by atoms with Gasteiger partial charge in [0, 0.05) is 0 Å². The summed E-state index contributed by atoms with van der Waals surface area (Å²) in [7, 11) is 2.74. The van der Waals surface area contributed by atoms with Crippen molar-refractivity contribution in [2.24, 2.45) is 0 Å². The topological polar surface area (TPSA) is 84.9 Å². The molecule has 110 valence electrons. The van der Waals surface area contributed by atoms with E-state index in [1.54, 1.807) is 31.4 Å². The second-order valence-corrected chi connectivity index (χ2v) is 4.23. The summed E-state index contributed by atoms with van der Waals surface area (Å²) in [6.07, 6.45) is 1.52. The Morgan fingerprint density at radius 1 is 1.24 bits per heavy atom. The highest BCUT2D eigenvalue weighted by atomic mass is 16.5. The number of nitrogens with one attached hydrogen (secondary N) is 1. The summed E-state index contributed by atoms with van der Waals surface area (Å²) < 4.78 is 9.48. The number of benzene rings is 1. The minimum atomic E-state index is -0.663. The lowest BCUT2D eigenvalue weighted by Crippen LogP contribution is -2.36. The largest absolute Gasteiger partial charge is 0.497 e. The number of carbonyl (C=O) groups is 3. The van der Waals surface area contributed by atoms with Crippen LogP contribution < -0.4 is 10.1 Å². The van der Waals surface area contributed by atoms with E-state index in [-0.39, 0.29) is 5.70 Å². The molecule has 0 aliphatic carbocycles. The Balaban J connectivity index is 2.17. The van der Waals surface area contributed by atoms with Crippen LogP contribution in [0.3, 0.4) is 0 Å². The van der Waals surface area contributed by atoms with Gasteiger partial charge in [0.05, 0.1) is 14.2 Å². The number of imide groups is 1. The number of esters is 1. The van der Waals surface area contributed by atoms with Crippen LogP contribution in [-0.4, -0.2) is 43.6 Å². The number of rotatable bonds is 4. The second kappa shape index (κ2) is 6.08. The molecule has 1 aromatic rings. The summed E-state index contributed by atoms with van der Waals surface area (Å²) in [5.41, 5.74) is 0.827. The first-order chi connectivity index (χ1) is 10.0. The number of hydrogen-bond acceptors (Lipinski definition) is 5. The molecule has 7 nitrogen and oxygen atoms in total. The third-order valence-corrected chi connectivity index (χ3v) is 2.90. The van der Waals surface area contributed by atoms with Crippen LogP contribution in [0.25, 0.3) is 6.08 Å². The van der Waals surface area contributed by atoms with Crippen molar-refractivity contribution in [3.05, 3.63) is 35.5 Å². The molecule has 0 bridgehead atoms. The Labute approximate surface area is 121 Å². The van der Waals surface area contributed by atoms with Crippen LogP contribution in [0.4, 0.5) is 4.79 Å². The fraction of sp³-hybridized carbons (Fsp3) is 0.214. The summed E-state index contributed by atoms with van der Waals surface area (Å²) in [5.74, 6) is -0.545. The molecule has 0 atom stereocenters. The van der Waals surface area contributed by atoms with Crippen molar-refractivity contribution < 1.29 is 23.9 Å². The molecule has 1 aliphatic heterocycles. The van der Waals surface area contributed by atoms with E-state index in [2.05, 4.69) is 10.1 Å². The van der Waals surface area contributed by atoms with E-state index in [9.17, 15) is 14.4 Å². The van der Waals surface area contributed by atoms with Crippen molar-refractivity contribution in [3.8, 4) is 5.75 Å². The van der Waals surface area contributed by atoms with Crippen molar-refractivity contribution in [2.75, 3.05) is 20.8 Å². The quantitative estimate of drug-likeness (QED) is 0.503. The van der Waals surface area contributed by atoms with Gasteiger partial charge in [0.1, 0.15) is 18.0 Å². The van der Waals surface area contributed by atoms with Gasteiger partial charge >= 0.3 is 12.0 Å². The van der Waals surface area contributed by atoms with Crippen LogP contribution in [0.15, 0.2) is 30.0 Å². The minimum absolute atomic E-state index is 0.106. The number of carbonyl (C=O) groups excluding carboxylic acids is 3. The van der Waals surface area contributed by atoms with E-state index in [1.165, 1.54) is 13.2 Å². The average molecular weight is 290 g/mol. The van der Waals surface area contributed by atoms with Gasteiger partial charge in [0.2, 0.25) is 0 Å². The summed E-state index contributed by atoms with van der Waals surface area (Å²) >= 11 is 0. The first kappa shape index (κ1) is 14.6. The van der Waals surface area contributed by atoms with E-state index in [4.69, 9.17) is 4.74 Å². The SMILES string of the molecule is COC(=O)CN1C(=O)NC(=Cc2ccc(OC)cc2)C1=O. The lowest BCUT2D eigenvalue weighted by atomic mass is 10.2. The molecule has 1 saturated heterocycles. The zero-order valence-corrected chi connectivity index (χ0v) is 11.6. The van der Waals surface area contributed by atoms with E-state index >= 15 is 0 Å². The van der Waals surface area contributed by atoms with Gasteiger partial charge < -0.3 is 14.8 Å². The highest BCUT2D eigenvalue weighted by molar-refractivity contribution is 6.15. The van der Waals surface area contributed by atoms with E-state index in [0.717, 1.165) is 10.5 Å². The molecule has 0 radical (unpaired) electrons. The third kappa shape index (κ3) is 3.19. The minimum Gasteiger partial charge on any atom is -0.497 e. The zero-order valence-electron chi connectivity index (χ0n) is 11.6. The normalized spacial score (nSPS) is 16.1. The number of amides is 3. The molecule has 2 rings (SSSR count). The fourth-order valence-electron chi connectivity index (χ4n) is 1.78. The van der Waals surface area contributed by atoms with E-state index in [0.29, 0.717) is 5.75 Å². The van der Waals surface area contributed by atoms with Crippen LogP contribution in [0.1, 0.15) is 5.56 Å². The molecule has 0 saturated carbocycles. The van der Waals surface area contributed by atoms with Gasteiger partial charge in [-0.1, -0.05) is 12.1 Å². The number of urea groups is 1. The lowest BCUT2D eigenvalue weighted by molar-refractivity contribution is -0.143. The fourth-order valence-corrected chi connectivity index (χ4v) is 1.78. The van der Waals surface area contributed by atoms with Gasteiger partial charge in [-0.25, -0.2) is 9.69 Å². The van der Waals surface area contributed by atoms with Crippen LogP contribution in [0.2, 0.25) is 0 Å². The maximum atomic E-state index is 12.0. The highest BCUT2D eigenvalue weighted by Gasteiger charge is 2.35. The molecule has 0 spiro atoms. The molecule has 3 amide bonds. The van der Waals surface area contributed by atoms with E-state index in [1.807, 2.05) is 0 Å². The maximum Gasteiger partial charge on any atom is 0.329 e. The van der Waals surface area contributed by atoms with Crippen molar-refractivity contribution in [1.82, 2.24) is 10.2 Å². The number of methoxy groups -OCH3 is 2. The van der Waals surface area contributed by atoms with E-state index < -0.39 is 24.5 Å². The van der Waals surface area contributed by atoms with Gasteiger partial charge in [-0.2, -0.15) is 0 Å². The van der Waals surface area contributed by atoms with Crippen LogP contribution in [-0.2, 0) is 14.3 Å². The molecule has 21 heavy (non-hydrogen) atoms. The summed E-state index contributed by atoms with van der Waals surface area (Å²) in [5, 5.41) is 2.42. The zero-order chi connectivity index (χ0) is 15.4. The van der Waals surface area contributed by atoms with Gasteiger partial charge in [0.25, 0.3) is 5.91 Å². The van der Waals surface area contributed by atoms with Gasteiger partial charge in [-0.3, -0.25) is 9.59 Å². The molecular weight excluding hydrogens is 276 g/mol. The molecule has 0 unspecified atom stereocenters. The van der Waals surface area contributed by atoms with Crippen molar-refractivity contribution in [1.29, 1.82) is 0 Å². The first-order valence-corrected chi connectivity index (χ1v) is 6.10. The van der Waals surface area contributed by atoms with Crippen LogP contribution >= 0.6 is 0 Å². The molecule has 0 aromatic heterocycles. The maximum absolute atomic E-state index is 12.0. The number of hydrogen-bond donors (Lipinski definition) is 1. The Bertz CT molecular complexity index is 606. The van der Waals surface area contributed by atoms with Crippen LogP contribution in [0.5, 0.6) is 5.75 Å². The van der Waals surface area contributed by atoms with Crippen LogP contribution in [0, 0.1) is 0 Å². The van der Waals surface area contributed by atoms with Crippen molar-refractivity contribution in [2.45, 2.75) is 0 Å².